The van der Waals surface area contributed by atoms with E-state index in [1.165, 1.54) is 6.33 Å². The molecule has 6 heteroatoms. The van der Waals surface area contributed by atoms with Crippen molar-refractivity contribution in [1.82, 2.24) is 14.5 Å². The predicted octanol–water partition coefficient (Wildman–Crippen LogP) is 2.64. The SMILES string of the molecule is Cc1cc(Oc2ncnc3ccn(C)c23)ccc1NC=O. The maximum atomic E-state index is 10.5. The Morgan fingerprint density at radius 1 is 1.29 bits per heavy atom. The van der Waals surface area contributed by atoms with Gasteiger partial charge in [0.1, 0.15) is 17.6 Å². The fourth-order valence-corrected chi connectivity index (χ4v) is 2.20. The molecular formula is C15H14N4O2. The minimum absolute atomic E-state index is 0.503. The van der Waals surface area contributed by atoms with Gasteiger partial charge in [0.05, 0.1) is 5.52 Å². The Kier molecular flexibility index (Phi) is 3.27. The van der Waals surface area contributed by atoms with E-state index in [9.17, 15) is 4.79 Å². The number of benzene rings is 1. The average molecular weight is 282 g/mol. The molecule has 3 rings (SSSR count). The van der Waals surface area contributed by atoms with E-state index in [0.29, 0.717) is 18.0 Å². The Morgan fingerprint density at radius 2 is 2.14 bits per heavy atom. The van der Waals surface area contributed by atoms with Crippen LogP contribution in [0.15, 0.2) is 36.8 Å². The molecule has 0 aliphatic carbocycles. The van der Waals surface area contributed by atoms with Crippen molar-refractivity contribution in [2.45, 2.75) is 6.92 Å². The highest BCUT2D eigenvalue weighted by molar-refractivity contribution is 5.80. The van der Waals surface area contributed by atoms with Crippen LogP contribution >= 0.6 is 0 Å². The Balaban J connectivity index is 1.97. The molecule has 2 aromatic heterocycles. The number of carbonyl (C=O) groups excluding carboxylic acids is 1. The maximum absolute atomic E-state index is 10.5. The number of nitrogens with one attached hydrogen (secondary N) is 1. The molecule has 0 aliphatic rings. The first-order chi connectivity index (χ1) is 10.2. The number of hydrogen-bond donors (Lipinski definition) is 1. The molecule has 0 saturated heterocycles. The van der Waals surface area contributed by atoms with Crippen LogP contribution in [0.3, 0.4) is 0 Å². The number of rotatable bonds is 4. The van der Waals surface area contributed by atoms with Gasteiger partial charge in [-0.25, -0.2) is 4.98 Å². The highest BCUT2D eigenvalue weighted by atomic mass is 16.5. The first kappa shape index (κ1) is 13.1. The number of amides is 1. The summed E-state index contributed by atoms with van der Waals surface area (Å²) in [6, 6.07) is 7.34. The number of anilines is 1. The third-order valence-corrected chi connectivity index (χ3v) is 3.25. The molecule has 1 amide bonds. The Hall–Kier alpha value is -2.89. The summed E-state index contributed by atoms with van der Waals surface area (Å²) in [4.78, 5) is 18.9. The van der Waals surface area contributed by atoms with E-state index in [4.69, 9.17) is 4.74 Å². The molecule has 1 aromatic carbocycles. The summed E-state index contributed by atoms with van der Waals surface area (Å²) < 4.78 is 7.77. The van der Waals surface area contributed by atoms with E-state index in [1.807, 2.05) is 36.9 Å². The molecule has 0 atom stereocenters. The Labute approximate surface area is 121 Å². The van der Waals surface area contributed by atoms with E-state index >= 15 is 0 Å². The van der Waals surface area contributed by atoms with Gasteiger partial charge >= 0.3 is 0 Å². The van der Waals surface area contributed by atoms with Crippen molar-refractivity contribution in [3.8, 4) is 11.6 Å². The number of nitrogens with zero attached hydrogens (tertiary/aromatic N) is 3. The van der Waals surface area contributed by atoms with Gasteiger partial charge < -0.3 is 14.6 Å². The van der Waals surface area contributed by atoms with E-state index in [1.54, 1.807) is 12.1 Å². The molecule has 0 saturated carbocycles. The topological polar surface area (TPSA) is 69.0 Å². The molecule has 6 nitrogen and oxygen atoms in total. The molecule has 1 N–H and O–H groups in total. The molecule has 3 aromatic rings. The molecule has 2 heterocycles. The minimum atomic E-state index is 0.503. The van der Waals surface area contributed by atoms with Crippen molar-refractivity contribution < 1.29 is 9.53 Å². The number of ether oxygens (including phenoxy) is 1. The summed E-state index contributed by atoms with van der Waals surface area (Å²) in [7, 11) is 1.92. The van der Waals surface area contributed by atoms with Gasteiger partial charge in [0.2, 0.25) is 12.3 Å². The van der Waals surface area contributed by atoms with Gasteiger partial charge in [-0.1, -0.05) is 0 Å². The summed E-state index contributed by atoms with van der Waals surface area (Å²) >= 11 is 0. The van der Waals surface area contributed by atoms with Crippen molar-refractivity contribution in [2.24, 2.45) is 7.05 Å². The number of carbonyl (C=O) groups is 1. The molecular weight excluding hydrogens is 268 g/mol. The predicted molar refractivity (Wildman–Crippen MR) is 79.4 cm³/mol. The van der Waals surface area contributed by atoms with Crippen LogP contribution in [0.4, 0.5) is 5.69 Å². The van der Waals surface area contributed by atoms with Crippen LogP contribution in [0.25, 0.3) is 11.0 Å². The largest absolute Gasteiger partial charge is 0.437 e. The van der Waals surface area contributed by atoms with Crippen molar-refractivity contribution in [3.63, 3.8) is 0 Å². The second-order valence-corrected chi connectivity index (χ2v) is 4.68. The Morgan fingerprint density at radius 3 is 2.90 bits per heavy atom. The fourth-order valence-electron chi connectivity index (χ4n) is 2.20. The van der Waals surface area contributed by atoms with Crippen molar-refractivity contribution in [1.29, 1.82) is 0 Å². The van der Waals surface area contributed by atoms with Crippen LogP contribution in [-0.4, -0.2) is 20.9 Å². The molecule has 0 radical (unpaired) electrons. The van der Waals surface area contributed by atoms with Crippen LogP contribution in [0.2, 0.25) is 0 Å². The summed E-state index contributed by atoms with van der Waals surface area (Å²) in [6.07, 6.45) is 4.04. The van der Waals surface area contributed by atoms with Gasteiger partial charge in [0.25, 0.3) is 0 Å². The molecule has 0 fully saturated rings. The zero-order valence-electron chi connectivity index (χ0n) is 11.7. The van der Waals surface area contributed by atoms with Gasteiger partial charge in [-0.15, -0.1) is 0 Å². The standard InChI is InChI=1S/C15H14N4O2/c1-10-7-11(3-4-12(10)18-9-20)21-15-14-13(16-8-17-15)5-6-19(14)2/h3-9H,1-2H3,(H,18,20). The maximum Gasteiger partial charge on any atom is 0.247 e. The van der Waals surface area contributed by atoms with E-state index in [0.717, 1.165) is 22.3 Å². The van der Waals surface area contributed by atoms with Crippen LogP contribution < -0.4 is 10.1 Å². The smallest absolute Gasteiger partial charge is 0.247 e. The van der Waals surface area contributed by atoms with Gasteiger partial charge in [0, 0.05) is 18.9 Å². The first-order valence-corrected chi connectivity index (χ1v) is 6.44. The number of aryl methyl sites for hydroxylation is 2. The number of fused-ring (bicyclic) bond motifs is 1. The summed E-state index contributed by atoms with van der Waals surface area (Å²) in [6.45, 7) is 1.90. The average Bonchev–Trinajstić information content (AvgIpc) is 2.85. The zero-order valence-corrected chi connectivity index (χ0v) is 11.7. The van der Waals surface area contributed by atoms with Crippen LogP contribution in [0, 0.1) is 6.92 Å². The number of aromatic nitrogens is 3. The van der Waals surface area contributed by atoms with Crippen molar-refractivity contribution in [2.75, 3.05) is 5.32 Å². The number of hydrogen-bond acceptors (Lipinski definition) is 4. The van der Waals surface area contributed by atoms with Crippen LogP contribution in [0.1, 0.15) is 5.56 Å². The third kappa shape index (κ3) is 2.43. The molecule has 106 valence electrons. The normalized spacial score (nSPS) is 10.6. The second-order valence-electron chi connectivity index (χ2n) is 4.68. The summed E-state index contributed by atoms with van der Waals surface area (Å²) in [5, 5.41) is 2.64. The highest BCUT2D eigenvalue weighted by Gasteiger charge is 2.10. The van der Waals surface area contributed by atoms with E-state index in [-0.39, 0.29) is 0 Å². The fraction of sp³-hybridized carbons (Fsp3) is 0.133. The second kappa shape index (κ2) is 5.24. The molecule has 0 unspecified atom stereocenters. The van der Waals surface area contributed by atoms with Crippen molar-refractivity contribution >= 4 is 23.1 Å². The first-order valence-electron chi connectivity index (χ1n) is 6.44. The van der Waals surface area contributed by atoms with Crippen LogP contribution in [0.5, 0.6) is 11.6 Å². The molecule has 0 aliphatic heterocycles. The molecule has 21 heavy (non-hydrogen) atoms. The third-order valence-electron chi connectivity index (χ3n) is 3.25. The zero-order chi connectivity index (χ0) is 14.8. The van der Waals surface area contributed by atoms with Gasteiger partial charge in [0.15, 0.2) is 0 Å². The van der Waals surface area contributed by atoms with Crippen LogP contribution in [-0.2, 0) is 11.8 Å². The lowest BCUT2D eigenvalue weighted by molar-refractivity contribution is -0.105. The van der Waals surface area contributed by atoms with Gasteiger partial charge in [-0.05, 0) is 36.8 Å². The van der Waals surface area contributed by atoms with Crippen molar-refractivity contribution in [3.05, 3.63) is 42.4 Å². The lowest BCUT2D eigenvalue weighted by Crippen LogP contribution is -1.98. The highest BCUT2D eigenvalue weighted by Crippen LogP contribution is 2.29. The molecule has 0 spiro atoms. The lowest BCUT2D eigenvalue weighted by Gasteiger charge is -2.09. The summed E-state index contributed by atoms with van der Waals surface area (Å²) in [5.74, 6) is 1.16. The monoisotopic (exact) mass is 282 g/mol. The van der Waals surface area contributed by atoms with E-state index in [2.05, 4.69) is 15.3 Å². The molecule has 0 bridgehead atoms. The van der Waals surface area contributed by atoms with Gasteiger partial charge in [-0.2, -0.15) is 4.98 Å². The summed E-state index contributed by atoms with van der Waals surface area (Å²) in [5.41, 5.74) is 3.34. The minimum Gasteiger partial charge on any atom is -0.437 e. The quantitative estimate of drug-likeness (QED) is 0.747. The Bertz CT molecular complexity index is 811. The lowest BCUT2D eigenvalue weighted by atomic mass is 10.2. The van der Waals surface area contributed by atoms with E-state index < -0.39 is 0 Å². The van der Waals surface area contributed by atoms with Gasteiger partial charge in [-0.3, -0.25) is 4.79 Å².